The Kier molecular flexibility index (Phi) is 7.38. The zero-order valence-corrected chi connectivity index (χ0v) is 27.1. The number of nitrogens with zero attached hydrogens (tertiary/aromatic N) is 3. The second-order valence-corrected chi connectivity index (χ2v) is 12.6. The van der Waals surface area contributed by atoms with Gasteiger partial charge in [-0.25, -0.2) is 4.98 Å². The number of rotatable bonds is 4. The van der Waals surface area contributed by atoms with E-state index < -0.39 is 0 Å². The maximum absolute atomic E-state index is 12.0. The van der Waals surface area contributed by atoms with Crippen LogP contribution in [0.15, 0.2) is 103 Å². The number of hydrogen-bond acceptors (Lipinski definition) is 3. The number of pyridine rings is 1. The van der Waals surface area contributed by atoms with E-state index in [0.717, 1.165) is 68.9 Å². The Hall–Kier alpha value is -4.01. The molecule has 5 heteroatoms. The first kappa shape index (κ1) is 29.1. The molecule has 2 heterocycles. The van der Waals surface area contributed by atoms with Gasteiger partial charge in [-0.2, -0.15) is 0 Å². The normalized spacial score (nSPS) is 15.1. The molecular weight excluding hydrogens is 710 g/mol. The van der Waals surface area contributed by atoms with Gasteiger partial charge in [-0.05, 0) is 59.6 Å². The molecule has 4 nitrogen and oxygen atoms in total. The molecule has 0 atom stereocenters. The maximum Gasteiger partial charge on any atom is 0.148 e. The average Bonchev–Trinajstić information content (AvgIpc) is 3.40. The van der Waals surface area contributed by atoms with Gasteiger partial charge in [0.2, 0.25) is 0 Å². The van der Waals surface area contributed by atoms with Crippen molar-refractivity contribution in [2.24, 2.45) is 0 Å². The summed E-state index contributed by atoms with van der Waals surface area (Å²) in [4.78, 5) is 9.83. The summed E-state index contributed by atoms with van der Waals surface area (Å²) in [6, 6.07) is 36.5. The predicted molar refractivity (Wildman–Crippen MR) is 171 cm³/mol. The Morgan fingerprint density at radius 2 is 1.44 bits per heavy atom. The molecule has 1 N–H and O–H groups in total. The minimum absolute atomic E-state index is 0. The van der Waals surface area contributed by atoms with Crippen LogP contribution in [0.2, 0.25) is 0 Å². The number of aromatic nitrogens is 3. The van der Waals surface area contributed by atoms with Gasteiger partial charge in [0.1, 0.15) is 11.6 Å². The number of imidazole rings is 1. The van der Waals surface area contributed by atoms with Gasteiger partial charge in [0.25, 0.3) is 0 Å². The summed E-state index contributed by atoms with van der Waals surface area (Å²) in [7, 11) is 0. The Labute approximate surface area is 267 Å². The topological polar surface area (TPSA) is 50.9 Å². The van der Waals surface area contributed by atoms with Crippen molar-refractivity contribution in [3.63, 3.8) is 0 Å². The van der Waals surface area contributed by atoms with Crippen LogP contribution in [-0.4, -0.2) is 19.6 Å². The van der Waals surface area contributed by atoms with Crippen LogP contribution in [0.3, 0.4) is 0 Å². The molecule has 1 aliphatic rings. The third-order valence-corrected chi connectivity index (χ3v) is 8.93. The SMILES string of the molecule is CC1(C)CCC(C)(C)c2c1ccc(-c1nc3c(-c4[c-]c(-c5ccccn5)ccc4)cccc3n1-c1ccccc1)c2O.[Pt]. The molecule has 4 aromatic carbocycles. The Morgan fingerprint density at radius 3 is 2.21 bits per heavy atom. The van der Waals surface area contributed by atoms with Gasteiger partial charge in [-0.1, -0.05) is 87.4 Å². The maximum atomic E-state index is 12.0. The number of fused-ring (bicyclic) bond motifs is 2. The summed E-state index contributed by atoms with van der Waals surface area (Å²) in [5.41, 5.74) is 9.46. The third-order valence-electron chi connectivity index (χ3n) is 8.93. The van der Waals surface area contributed by atoms with Crippen molar-refractivity contribution in [3.05, 3.63) is 120 Å². The quantitative estimate of drug-likeness (QED) is 0.183. The fourth-order valence-corrected chi connectivity index (χ4v) is 6.54. The van der Waals surface area contributed by atoms with Crippen LogP contribution in [0.1, 0.15) is 51.7 Å². The molecule has 218 valence electrons. The smallest absolute Gasteiger partial charge is 0.148 e. The first-order valence-electron chi connectivity index (χ1n) is 14.6. The van der Waals surface area contributed by atoms with Crippen molar-refractivity contribution in [1.82, 2.24) is 14.5 Å². The number of phenols is 1. The molecule has 2 aromatic heterocycles. The Bertz CT molecular complexity index is 1940. The molecule has 0 spiro atoms. The average molecular weight is 744 g/mol. The van der Waals surface area contributed by atoms with Gasteiger partial charge in [-0.15, -0.1) is 29.8 Å². The summed E-state index contributed by atoms with van der Waals surface area (Å²) in [5.74, 6) is 1.06. The largest absolute Gasteiger partial charge is 0.507 e. The molecule has 0 saturated carbocycles. The number of phenolic OH excluding ortho intramolecular Hbond substituents is 1. The zero-order valence-electron chi connectivity index (χ0n) is 24.8. The van der Waals surface area contributed by atoms with Gasteiger partial charge in [0.15, 0.2) is 0 Å². The van der Waals surface area contributed by atoms with Crippen LogP contribution in [0.4, 0.5) is 0 Å². The van der Waals surface area contributed by atoms with E-state index in [-0.39, 0.29) is 31.9 Å². The van der Waals surface area contributed by atoms with E-state index in [1.54, 1.807) is 6.20 Å². The molecule has 43 heavy (non-hydrogen) atoms. The molecule has 0 aliphatic heterocycles. The van der Waals surface area contributed by atoms with Crippen LogP contribution in [0.5, 0.6) is 5.75 Å². The van der Waals surface area contributed by atoms with Crippen molar-refractivity contribution >= 4 is 11.0 Å². The molecule has 6 aromatic rings. The summed E-state index contributed by atoms with van der Waals surface area (Å²) in [6.07, 6.45) is 3.91. The van der Waals surface area contributed by atoms with Crippen LogP contribution in [-0.2, 0) is 31.9 Å². The van der Waals surface area contributed by atoms with Gasteiger partial charge >= 0.3 is 0 Å². The third kappa shape index (κ3) is 4.92. The first-order valence-corrected chi connectivity index (χ1v) is 14.6. The molecule has 0 amide bonds. The molecule has 7 rings (SSSR count). The van der Waals surface area contributed by atoms with Crippen molar-refractivity contribution < 1.29 is 26.2 Å². The van der Waals surface area contributed by atoms with E-state index in [0.29, 0.717) is 5.75 Å². The Morgan fingerprint density at radius 1 is 0.721 bits per heavy atom. The van der Waals surface area contributed by atoms with E-state index in [1.807, 2.05) is 48.5 Å². The summed E-state index contributed by atoms with van der Waals surface area (Å²) in [6.45, 7) is 9.04. The fraction of sp³-hybridized carbons (Fsp3) is 0.211. The fourth-order valence-electron chi connectivity index (χ4n) is 6.54. The number of aromatic hydroxyl groups is 1. The van der Waals surface area contributed by atoms with Crippen molar-refractivity contribution in [2.45, 2.75) is 51.4 Å². The standard InChI is InChI=1S/C38H34N3O.Pt/c1-37(2)21-22-38(3,4)33-30(37)20-19-29(35(33)42)36-40-34-28(16-11-18-32(34)41(36)27-14-6-5-7-15-27)25-12-10-13-26(24-25)31-17-8-9-23-39-31;/h5-20,23,42H,21-22H2,1-4H3;/q-1;. The van der Waals surface area contributed by atoms with Crippen LogP contribution >= 0.6 is 0 Å². The van der Waals surface area contributed by atoms with E-state index in [4.69, 9.17) is 4.98 Å². The minimum Gasteiger partial charge on any atom is -0.507 e. The molecular formula is C38H34N3OPt-. The molecule has 0 radical (unpaired) electrons. The second-order valence-electron chi connectivity index (χ2n) is 12.6. The van der Waals surface area contributed by atoms with Crippen LogP contribution in [0, 0.1) is 6.07 Å². The second kappa shape index (κ2) is 10.9. The van der Waals surface area contributed by atoms with E-state index >= 15 is 0 Å². The van der Waals surface area contributed by atoms with E-state index in [9.17, 15) is 5.11 Å². The molecule has 1 aliphatic carbocycles. The summed E-state index contributed by atoms with van der Waals surface area (Å²) >= 11 is 0. The predicted octanol–water partition coefficient (Wildman–Crippen LogP) is 9.27. The van der Waals surface area contributed by atoms with Crippen LogP contribution in [0.25, 0.3) is 50.5 Å². The Balaban J connectivity index is 0.00000329. The number of benzene rings is 4. The van der Waals surface area contributed by atoms with Gasteiger partial charge in [-0.3, -0.25) is 9.55 Å². The number of para-hydroxylation sites is 2. The van der Waals surface area contributed by atoms with Crippen molar-refractivity contribution in [3.8, 4) is 45.2 Å². The monoisotopic (exact) mass is 743 g/mol. The van der Waals surface area contributed by atoms with Crippen molar-refractivity contribution in [1.29, 1.82) is 0 Å². The first-order chi connectivity index (χ1) is 20.2. The van der Waals surface area contributed by atoms with Crippen LogP contribution < -0.4 is 0 Å². The van der Waals surface area contributed by atoms with E-state index in [1.165, 1.54) is 5.56 Å². The molecule has 0 bridgehead atoms. The number of hydrogen-bond donors (Lipinski definition) is 1. The van der Waals surface area contributed by atoms with Gasteiger partial charge in [0.05, 0.1) is 16.6 Å². The molecule has 0 fully saturated rings. The van der Waals surface area contributed by atoms with Gasteiger partial charge < -0.3 is 5.11 Å². The van der Waals surface area contributed by atoms with Crippen molar-refractivity contribution in [2.75, 3.05) is 0 Å². The zero-order chi connectivity index (χ0) is 29.1. The molecule has 0 saturated heterocycles. The van der Waals surface area contributed by atoms with Gasteiger partial charge in [0, 0.05) is 44.2 Å². The molecule has 0 unspecified atom stereocenters. The van der Waals surface area contributed by atoms with E-state index in [2.05, 4.69) is 91.8 Å². The minimum atomic E-state index is -0.138. The summed E-state index contributed by atoms with van der Waals surface area (Å²) < 4.78 is 2.17. The summed E-state index contributed by atoms with van der Waals surface area (Å²) in [5, 5.41) is 12.0.